The van der Waals surface area contributed by atoms with Crippen LogP contribution in [0.3, 0.4) is 0 Å². The molecule has 7 heteroatoms. The van der Waals surface area contributed by atoms with E-state index in [1.807, 2.05) is 41.5 Å². The summed E-state index contributed by atoms with van der Waals surface area (Å²) < 4.78 is 11.5. The highest BCUT2D eigenvalue weighted by molar-refractivity contribution is 5.99. The van der Waals surface area contributed by atoms with Gasteiger partial charge in [0.25, 0.3) is 0 Å². The van der Waals surface area contributed by atoms with Gasteiger partial charge >= 0.3 is 5.97 Å². The summed E-state index contributed by atoms with van der Waals surface area (Å²) in [4.78, 5) is 30.7. The van der Waals surface area contributed by atoms with Crippen LogP contribution in [0.2, 0.25) is 0 Å². The monoisotopic (exact) mass is 499 g/mol. The van der Waals surface area contributed by atoms with Crippen molar-refractivity contribution >= 4 is 17.5 Å². The molecule has 0 aromatic rings. The van der Waals surface area contributed by atoms with E-state index in [0.717, 1.165) is 5.71 Å². The van der Waals surface area contributed by atoms with Gasteiger partial charge in [-0.2, -0.15) is 0 Å². The van der Waals surface area contributed by atoms with E-state index in [9.17, 15) is 19.8 Å². The van der Waals surface area contributed by atoms with Gasteiger partial charge in [0.1, 0.15) is 23.4 Å². The summed E-state index contributed by atoms with van der Waals surface area (Å²) in [6.07, 6.45) is -0.831. The number of rotatable bonds is 4. The zero-order valence-corrected chi connectivity index (χ0v) is 24.3. The number of aliphatic hydroxyl groups is 2. The molecule has 1 saturated heterocycles. The van der Waals surface area contributed by atoms with E-state index in [2.05, 4.69) is 13.8 Å². The number of carbonyl (C=O) groups excluding carboxylic acids is 2. The highest BCUT2D eigenvalue weighted by Gasteiger charge is 2.46. The lowest BCUT2D eigenvalue weighted by molar-refractivity contribution is -0.186. The molecule has 35 heavy (non-hydrogen) atoms. The number of methoxy groups -OCH3 is 1. The number of ketones is 1. The van der Waals surface area contributed by atoms with E-state index < -0.39 is 47.1 Å². The molecule has 0 saturated carbocycles. The molecule has 0 aromatic carbocycles. The summed E-state index contributed by atoms with van der Waals surface area (Å²) in [7, 11) is 1.63. The normalized spacial score (nSPS) is 39.0. The summed E-state index contributed by atoms with van der Waals surface area (Å²) in [5.41, 5.74) is -1.55. The maximum atomic E-state index is 13.0. The third-order valence-electron chi connectivity index (χ3n) is 7.20. The van der Waals surface area contributed by atoms with Crippen LogP contribution in [0.1, 0.15) is 95.4 Å². The zero-order chi connectivity index (χ0) is 27.7. The largest absolute Gasteiger partial charge is 0.459 e. The van der Waals surface area contributed by atoms with Crippen molar-refractivity contribution < 1.29 is 29.3 Å². The molecule has 0 radical (unpaired) electrons. The van der Waals surface area contributed by atoms with Gasteiger partial charge in [-0.1, -0.05) is 55.4 Å². The lowest BCUT2D eigenvalue weighted by Crippen LogP contribution is -2.56. The maximum Gasteiger partial charge on any atom is 0.316 e. The number of hydrogen-bond donors (Lipinski definition) is 2. The van der Waals surface area contributed by atoms with Gasteiger partial charge < -0.3 is 19.7 Å². The summed E-state index contributed by atoms with van der Waals surface area (Å²) in [6, 6.07) is 0. The average molecular weight is 500 g/mol. The number of ether oxygens (including phenoxy) is 2. The third kappa shape index (κ3) is 8.94. The average Bonchev–Trinajstić information content (AvgIpc) is 2.80. The van der Waals surface area contributed by atoms with E-state index >= 15 is 0 Å². The Hall–Kier alpha value is -1.31. The van der Waals surface area contributed by atoms with Gasteiger partial charge in [-0.05, 0) is 51.9 Å². The molecule has 0 amide bonds. The van der Waals surface area contributed by atoms with Crippen LogP contribution in [0.5, 0.6) is 0 Å². The minimum atomic E-state index is -1.72. The predicted molar refractivity (Wildman–Crippen MR) is 142 cm³/mol. The van der Waals surface area contributed by atoms with E-state index in [1.54, 1.807) is 14.0 Å². The lowest BCUT2D eigenvalue weighted by Gasteiger charge is -2.41. The fraction of sp³-hybridized carbons (Fsp3) is 0.893. The number of cyclic esters (lactones) is 1. The second-order valence-electron chi connectivity index (χ2n) is 10.9. The van der Waals surface area contributed by atoms with E-state index in [-0.39, 0.29) is 11.7 Å². The number of aliphatic imine (C=N–C) groups is 1. The maximum absolute atomic E-state index is 13.0. The smallest absolute Gasteiger partial charge is 0.316 e. The quantitative estimate of drug-likeness (QED) is 0.423. The lowest BCUT2D eigenvalue weighted by atomic mass is 9.75. The minimum Gasteiger partial charge on any atom is -0.459 e. The zero-order valence-electron chi connectivity index (χ0n) is 24.3. The fourth-order valence-electron chi connectivity index (χ4n) is 5.05. The van der Waals surface area contributed by atoms with Crippen LogP contribution >= 0.6 is 0 Å². The topological polar surface area (TPSA) is 105 Å². The van der Waals surface area contributed by atoms with Crippen LogP contribution in [0.4, 0.5) is 0 Å². The first-order valence-electron chi connectivity index (χ1n) is 13.3. The standard InChI is InChI=1S/C26H47NO6.C2H6/c1-11-20-26(9,31)23(29)18(6)21(27-14-15(2)3)16(4)12-25(8,32-10)13-17(5)22(28)19(7)24(30)33-20;1-2/h15-20,23,29,31H,11-14H2,1-10H3;1-2H3/t16-,17-,18?,19-,20-,23?,25-,26-;/m1./s1. The molecule has 2 unspecified atom stereocenters. The van der Waals surface area contributed by atoms with Crippen molar-refractivity contribution in [3.63, 3.8) is 0 Å². The first kappa shape index (κ1) is 33.7. The van der Waals surface area contributed by atoms with Crippen LogP contribution in [0, 0.1) is 29.6 Å². The second-order valence-corrected chi connectivity index (χ2v) is 10.9. The highest BCUT2D eigenvalue weighted by atomic mass is 16.6. The van der Waals surface area contributed by atoms with Gasteiger partial charge in [-0.15, -0.1) is 0 Å². The summed E-state index contributed by atoms with van der Waals surface area (Å²) in [6.45, 7) is 21.2. The molecule has 2 N–H and O–H groups in total. The van der Waals surface area contributed by atoms with Gasteiger partial charge in [0.15, 0.2) is 0 Å². The molecule has 0 spiro atoms. The van der Waals surface area contributed by atoms with Gasteiger partial charge in [0.05, 0.1) is 11.7 Å². The number of hydrogen-bond acceptors (Lipinski definition) is 7. The van der Waals surface area contributed by atoms with Crippen LogP contribution in [0.15, 0.2) is 4.99 Å². The molecule has 8 atom stereocenters. The molecule has 1 aliphatic heterocycles. The Labute approximate surface area is 214 Å². The van der Waals surface area contributed by atoms with E-state index in [1.165, 1.54) is 13.8 Å². The van der Waals surface area contributed by atoms with Gasteiger partial charge in [0.2, 0.25) is 0 Å². The van der Waals surface area contributed by atoms with Crippen LogP contribution < -0.4 is 0 Å². The number of nitrogens with zero attached hydrogens (tertiary/aromatic N) is 1. The molecule has 0 aromatic heterocycles. The number of esters is 1. The van der Waals surface area contributed by atoms with Crippen molar-refractivity contribution in [2.45, 2.75) is 119 Å². The molecule has 0 aliphatic carbocycles. The van der Waals surface area contributed by atoms with E-state index in [4.69, 9.17) is 14.5 Å². The minimum absolute atomic E-state index is 0.0561. The second kappa shape index (κ2) is 14.4. The number of Topliss-reactive ketones (excluding diaryl/α,β-unsaturated/α-hetero) is 1. The molecular weight excluding hydrogens is 446 g/mol. The molecule has 206 valence electrons. The predicted octanol–water partition coefficient (Wildman–Crippen LogP) is 4.86. The van der Waals surface area contributed by atoms with Crippen LogP contribution in [-0.2, 0) is 19.1 Å². The number of carbonyl (C=O) groups is 2. The van der Waals surface area contributed by atoms with Gasteiger partial charge in [0, 0.05) is 31.2 Å². The molecule has 1 aliphatic rings. The summed E-state index contributed by atoms with van der Waals surface area (Å²) >= 11 is 0. The van der Waals surface area contributed by atoms with Gasteiger partial charge in [-0.25, -0.2) is 0 Å². The Morgan fingerprint density at radius 3 is 2.06 bits per heavy atom. The SMILES string of the molecule is CC.CC[C@H]1OC(=O)[C@H](C)C(=O)[C@H](C)C[C@](C)(OC)C[C@@H](C)C(=NCC(C)C)C(C)C(O)[C@]1(C)O. The molecule has 1 fully saturated rings. The summed E-state index contributed by atoms with van der Waals surface area (Å²) in [5, 5.41) is 22.6. The molecule has 0 bridgehead atoms. The van der Waals surface area contributed by atoms with Crippen molar-refractivity contribution in [1.29, 1.82) is 0 Å². The van der Waals surface area contributed by atoms with Gasteiger partial charge in [-0.3, -0.25) is 14.6 Å². The van der Waals surface area contributed by atoms with Crippen molar-refractivity contribution in [2.24, 2.45) is 34.6 Å². The Morgan fingerprint density at radius 2 is 1.60 bits per heavy atom. The van der Waals surface area contributed by atoms with Crippen LogP contribution in [-0.4, -0.2) is 64.7 Å². The first-order valence-corrected chi connectivity index (χ1v) is 13.3. The van der Waals surface area contributed by atoms with Crippen LogP contribution in [0.25, 0.3) is 0 Å². The molecule has 7 nitrogen and oxygen atoms in total. The third-order valence-corrected chi connectivity index (χ3v) is 7.20. The summed E-state index contributed by atoms with van der Waals surface area (Å²) in [5.74, 6) is -2.47. The van der Waals surface area contributed by atoms with Crippen molar-refractivity contribution in [1.82, 2.24) is 0 Å². The fourth-order valence-corrected chi connectivity index (χ4v) is 5.05. The molecule has 1 heterocycles. The first-order chi connectivity index (χ1) is 16.1. The Balaban J connectivity index is 0.00000562. The van der Waals surface area contributed by atoms with Crippen molar-refractivity contribution in [3.05, 3.63) is 0 Å². The number of aliphatic hydroxyl groups excluding tert-OH is 1. The van der Waals surface area contributed by atoms with Crippen molar-refractivity contribution in [3.8, 4) is 0 Å². The van der Waals surface area contributed by atoms with Crippen molar-refractivity contribution in [2.75, 3.05) is 13.7 Å². The Kier molecular flexibility index (Phi) is 13.9. The molecule has 1 rings (SSSR count). The van der Waals surface area contributed by atoms with E-state index in [0.29, 0.717) is 31.7 Å². The molecular formula is C28H53NO6. The Bertz CT molecular complexity index is 704. The highest BCUT2D eigenvalue weighted by Crippen LogP contribution is 2.35. The Morgan fingerprint density at radius 1 is 1.09 bits per heavy atom.